The number of amides is 1. The molecule has 1 aliphatic rings. The van der Waals surface area contributed by atoms with Crippen LogP contribution in [-0.2, 0) is 4.74 Å². The summed E-state index contributed by atoms with van der Waals surface area (Å²) in [7, 11) is 0. The molecule has 1 amide bonds. The van der Waals surface area contributed by atoms with E-state index >= 15 is 0 Å². The van der Waals surface area contributed by atoms with Crippen molar-refractivity contribution in [2.45, 2.75) is 26.1 Å². The van der Waals surface area contributed by atoms with Gasteiger partial charge in [0.1, 0.15) is 6.10 Å². The lowest BCUT2D eigenvalue weighted by Gasteiger charge is -2.34. The Hall–Kier alpha value is -3.03. The fraction of sp³-hybridized carbons (Fsp3) is 0.318. The fourth-order valence-electron chi connectivity index (χ4n) is 3.32. The Morgan fingerprint density at radius 3 is 2.55 bits per heavy atom. The minimum absolute atomic E-state index is 0.0866. The van der Waals surface area contributed by atoms with Gasteiger partial charge in [-0.15, -0.1) is 10.2 Å². The molecule has 3 aromatic rings. The largest absolute Gasteiger partial charge is 0.416 e. The molecule has 0 bridgehead atoms. The summed E-state index contributed by atoms with van der Waals surface area (Å²) in [5, 5.41) is 18.0. The number of nitrogens with zero attached hydrogens (tertiary/aromatic N) is 3. The predicted molar refractivity (Wildman–Crippen MR) is 107 cm³/mol. The van der Waals surface area contributed by atoms with Gasteiger partial charge >= 0.3 is 0 Å². The first kappa shape index (κ1) is 19.3. The van der Waals surface area contributed by atoms with Gasteiger partial charge in [0, 0.05) is 29.8 Å². The molecule has 0 radical (unpaired) electrons. The van der Waals surface area contributed by atoms with Crippen molar-refractivity contribution in [1.29, 1.82) is 0 Å². The Balaban J connectivity index is 1.49. The number of carbonyl (C=O) groups excluding carboxylic acids is 1. The molecule has 1 aromatic heterocycles. The van der Waals surface area contributed by atoms with Crippen molar-refractivity contribution in [1.82, 2.24) is 15.1 Å². The van der Waals surface area contributed by atoms with E-state index in [0.717, 1.165) is 16.7 Å². The molecule has 7 nitrogen and oxygen atoms in total. The number of aromatic nitrogens is 2. The summed E-state index contributed by atoms with van der Waals surface area (Å²) < 4.78 is 11.3. The minimum atomic E-state index is -0.617. The fourth-order valence-corrected chi connectivity index (χ4v) is 3.32. The molecule has 2 heterocycles. The van der Waals surface area contributed by atoms with Crippen LogP contribution in [0.4, 0.5) is 0 Å². The van der Waals surface area contributed by atoms with Gasteiger partial charge in [0.05, 0.1) is 12.7 Å². The van der Waals surface area contributed by atoms with Gasteiger partial charge in [0.2, 0.25) is 11.8 Å². The van der Waals surface area contributed by atoms with E-state index in [1.165, 1.54) is 0 Å². The van der Waals surface area contributed by atoms with Gasteiger partial charge in [0.15, 0.2) is 0 Å². The zero-order chi connectivity index (χ0) is 20.4. The zero-order valence-corrected chi connectivity index (χ0v) is 16.4. The van der Waals surface area contributed by atoms with Crippen LogP contribution in [-0.4, -0.2) is 58.0 Å². The third-order valence-corrected chi connectivity index (χ3v) is 4.99. The number of ether oxygens (including phenoxy) is 1. The number of hydrogen-bond acceptors (Lipinski definition) is 6. The molecule has 29 heavy (non-hydrogen) atoms. The first-order chi connectivity index (χ1) is 14.0. The second kappa shape index (κ2) is 8.14. The molecule has 1 aliphatic heterocycles. The van der Waals surface area contributed by atoms with Gasteiger partial charge in [-0.1, -0.05) is 17.7 Å². The highest BCUT2D eigenvalue weighted by Gasteiger charge is 2.27. The summed E-state index contributed by atoms with van der Waals surface area (Å²) in [4.78, 5) is 14.5. The standard InChI is InChI=1S/C22H23N3O4/c1-14-4-3-5-18(12-14)21-24-23-20(29-21)16-6-8-17(9-7-16)22(27)25-10-11-28-19(13-25)15(2)26/h3-9,12,15,19,26H,10-11,13H2,1-2H3. The van der Waals surface area contributed by atoms with Crippen LogP contribution in [0, 0.1) is 6.92 Å². The summed E-state index contributed by atoms with van der Waals surface area (Å²) in [6.07, 6.45) is -0.974. The molecule has 1 saturated heterocycles. The smallest absolute Gasteiger partial charge is 0.254 e. The number of morpholine rings is 1. The van der Waals surface area contributed by atoms with Crippen molar-refractivity contribution >= 4 is 5.91 Å². The van der Waals surface area contributed by atoms with E-state index in [-0.39, 0.29) is 12.0 Å². The molecular formula is C22H23N3O4. The SMILES string of the molecule is Cc1cccc(-c2nnc(-c3ccc(C(=O)N4CCOC(C(C)O)C4)cc3)o2)c1. The third kappa shape index (κ3) is 4.21. The van der Waals surface area contributed by atoms with E-state index in [1.54, 1.807) is 36.1 Å². The van der Waals surface area contributed by atoms with Crippen molar-refractivity contribution in [2.75, 3.05) is 19.7 Å². The Morgan fingerprint density at radius 1 is 1.14 bits per heavy atom. The molecule has 2 unspecified atom stereocenters. The number of aliphatic hydroxyl groups is 1. The molecule has 2 atom stereocenters. The van der Waals surface area contributed by atoms with Crippen molar-refractivity contribution < 1.29 is 19.1 Å². The zero-order valence-electron chi connectivity index (χ0n) is 16.4. The molecule has 7 heteroatoms. The highest BCUT2D eigenvalue weighted by Crippen LogP contribution is 2.25. The molecule has 4 rings (SSSR count). The van der Waals surface area contributed by atoms with Gasteiger partial charge < -0.3 is 19.2 Å². The van der Waals surface area contributed by atoms with Gasteiger partial charge in [-0.25, -0.2) is 0 Å². The van der Waals surface area contributed by atoms with Crippen LogP contribution >= 0.6 is 0 Å². The van der Waals surface area contributed by atoms with Gasteiger partial charge in [-0.05, 0) is 50.2 Å². The summed E-state index contributed by atoms with van der Waals surface area (Å²) in [5.74, 6) is 0.777. The van der Waals surface area contributed by atoms with Gasteiger partial charge in [-0.2, -0.15) is 0 Å². The van der Waals surface area contributed by atoms with Crippen molar-refractivity contribution in [3.05, 3.63) is 59.7 Å². The highest BCUT2D eigenvalue weighted by molar-refractivity contribution is 5.94. The number of aryl methyl sites for hydroxylation is 1. The molecule has 150 valence electrons. The second-order valence-electron chi connectivity index (χ2n) is 7.26. The molecule has 1 fully saturated rings. The molecule has 0 saturated carbocycles. The monoisotopic (exact) mass is 393 g/mol. The molecular weight excluding hydrogens is 370 g/mol. The number of carbonyl (C=O) groups is 1. The first-order valence-electron chi connectivity index (χ1n) is 9.61. The predicted octanol–water partition coefficient (Wildman–Crippen LogP) is 2.93. The van der Waals surface area contributed by atoms with E-state index in [4.69, 9.17) is 9.15 Å². The van der Waals surface area contributed by atoms with Crippen LogP contribution < -0.4 is 0 Å². The average Bonchev–Trinajstić information content (AvgIpc) is 3.24. The van der Waals surface area contributed by atoms with Crippen LogP contribution in [0.3, 0.4) is 0 Å². The van der Waals surface area contributed by atoms with Crippen molar-refractivity contribution in [3.63, 3.8) is 0 Å². The van der Waals surface area contributed by atoms with Crippen LogP contribution in [0.2, 0.25) is 0 Å². The van der Waals surface area contributed by atoms with Crippen molar-refractivity contribution in [2.24, 2.45) is 0 Å². The maximum atomic E-state index is 12.8. The lowest BCUT2D eigenvalue weighted by Crippen LogP contribution is -2.49. The average molecular weight is 393 g/mol. The summed E-state index contributed by atoms with van der Waals surface area (Å²) in [5.41, 5.74) is 3.30. The molecule has 0 aliphatic carbocycles. The van der Waals surface area contributed by atoms with Gasteiger partial charge in [0.25, 0.3) is 5.91 Å². The van der Waals surface area contributed by atoms with E-state index in [2.05, 4.69) is 10.2 Å². The third-order valence-electron chi connectivity index (χ3n) is 4.99. The Morgan fingerprint density at radius 2 is 1.86 bits per heavy atom. The van der Waals surface area contributed by atoms with Crippen LogP contribution in [0.5, 0.6) is 0 Å². The Labute approximate surface area is 168 Å². The van der Waals surface area contributed by atoms with Gasteiger partial charge in [-0.3, -0.25) is 4.79 Å². The van der Waals surface area contributed by atoms with E-state index in [9.17, 15) is 9.90 Å². The van der Waals surface area contributed by atoms with Crippen molar-refractivity contribution in [3.8, 4) is 22.9 Å². The number of hydrogen-bond donors (Lipinski definition) is 1. The maximum Gasteiger partial charge on any atom is 0.254 e. The summed E-state index contributed by atoms with van der Waals surface area (Å²) in [6, 6.07) is 15.0. The van der Waals surface area contributed by atoms with E-state index < -0.39 is 6.10 Å². The molecule has 2 aromatic carbocycles. The number of aliphatic hydroxyl groups excluding tert-OH is 1. The van der Waals surface area contributed by atoms with E-state index in [1.807, 2.05) is 31.2 Å². The summed E-state index contributed by atoms with van der Waals surface area (Å²) in [6.45, 7) is 4.98. The Kier molecular flexibility index (Phi) is 5.42. The van der Waals surface area contributed by atoms with Crippen LogP contribution in [0.15, 0.2) is 52.9 Å². The lowest BCUT2D eigenvalue weighted by atomic mass is 10.1. The Bertz CT molecular complexity index is 997. The number of rotatable bonds is 4. The second-order valence-corrected chi connectivity index (χ2v) is 7.26. The normalized spacial score (nSPS) is 17.9. The molecule has 0 spiro atoms. The van der Waals surface area contributed by atoms with E-state index in [0.29, 0.717) is 37.0 Å². The quantitative estimate of drug-likeness (QED) is 0.733. The molecule has 1 N–H and O–H groups in total. The van der Waals surface area contributed by atoms with Crippen LogP contribution in [0.25, 0.3) is 22.9 Å². The maximum absolute atomic E-state index is 12.8. The number of benzene rings is 2. The summed E-state index contributed by atoms with van der Waals surface area (Å²) >= 11 is 0. The lowest BCUT2D eigenvalue weighted by molar-refractivity contribution is -0.0745. The first-order valence-corrected chi connectivity index (χ1v) is 9.61. The van der Waals surface area contributed by atoms with Crippen LogP contribution in [0.1, 0.15) is 22.8 Å². The highest BCUT2D eigenvalue weighted by atomic mass is 16.5. The minimum Gasteiger partial charge on any atom is -0.416 e. The topological polar surface area (TPSA) is 88.7 Å².